The summed E-state index contributed by atoms with van der Waals surface area (Å²) < 4.78 is 23.8. The zero-order chi connectivity index (χ0) is 25.0. The molecule has 9 heteroatoms. The number of hydrogen-bond donors (Lipinski definition) is 1. The third kappa shape index (κ3) is 8.08. The number of halogens is 1. The molecule has 3 aromatic rings. The van der Waals surface area contributed by atoms with Gasteiger partial charge in [-0.2, -0.15) is 0 Å². The van der Waals surface area contributed by atoms with E-state index in [9.17, 15) is 14.0 Å². The van der Waals surface area contributed by atoms with Gasteiger partial charge in [0.05, 0.1) is 19.3 Å². The van der Waals surface area contributed by atoms with Gasteiger partial charge in [-0.25, -0.2) is 9.18 Å². The van der Waals surface area contributed by atoms with E-state index < -0.39 is 6.03 Å². The van der Waals surface area contributed by atoms with Crippen LogP contribution >= 0.6 is 11.3 Å². The number of carbonyl (C=O) groups excluding carboxylic acids is 2. The summed E-state index contributed by atoms with van der Waals surface area (Å²) in [7, 11) is 3.12. The maximum absolute atomic E-state index is 13.4. The van der Waals surface area contributed by atoms with Gasteiger partial charge < -0.3 is 24.6 Å². The highest BCUT2D eigenvalue weighted by Gasteiger charge is 2.23. The van der Waals surface area contributed by atoms with E-state index in [1.54, 1.807) is 53.7 Å². The Balaban J connectivity index is 1.76. The Morgan fingerprint density at radius 3 is 2.43 bits per heavy atom. The van der Waals surface area contributed by atoms with Gasteiger partial charge in [0, 0.05) is 31.7 Å². The van der Waals surface area contributed by atoms with Crippen LogP contribution in [-0.2, 0) is 22.6 Å². The first kappa shape index (κ1) is 26.2. The Bertz CT molecular complexity index is 1080. The Labute approximate surface area is 209 Å². The monoisotopic (exact) mass is 499 g/mol. The quantitative estimate of drug-likeness (QED) is 0.356. The predicted octanol–water partition coefficient (Wildman–Crippen LogP) is 5.00. The lowest BCUT2D eigenvalue weighted by Gasteiger charge is -2.28. The number of hydrogen-bond acceptors (Lipinski definition) is 5. The highest BCUT2D eigenvalue weighted by Crippen LogP contribution is 2.23. The first-order valence-corrected chi connectivity index (χ1v) is 12.1. The fourth-order valence-electron chi connectivity index (χ4n) is 3.49. The molecule has 186 valence electrons. The summed E-state index contributed by atoms with van der Waals surface area (Å²) in [4.78, 5) is 30.8. The van der Waals surface area contributed by atoms with Crippen molar-refractivity contribution < 1.29 is 23.5 Å². The number of thiophene rings is 1. The molecule has 0 unspecified atom stereocenters. The van der Waals surface area contributed by atoms with Crippen LogP contribution < -0.4 is 10.1 Å². The van der Waals surface area contributed by atoms with Crippen LogP contribution in [0, 0.1) is 5.82 Å². The molecule has 0 aliphatic carbocycles. The molecule has 1 N–H and O–H groups in total. The molecule has 0 bridgehead atoms. The van der Waals surface area contributed by atoms with Gasteiger partial charge in [0.2, 0.25) is 5.91 Å². The number of carbonyl (C=O) groups is 2. The number of ether oxygens (including phenoxy) is 2. The minimum atomic E-state index is -0.406. The van der Waals surface area contributed by atoms with Crippen molar-refractivity contribution in [1.82, 2.24) is 9.80 Å². The number of para-hydroxylation sites is 2. The molecule has 3 rings (SSSR count). The molecule has 0 fully saturated rings. The van der Waals surface area contributed by atoms with Crippen molar-refractivity contribution in [2.24, 2.45) is 0 Å². The summed E-state index contributed by atoms with van der Waals surface area (Å²) >= 11 is 1.55. The van der Waals surface area contributed by atoms with E-state index >= 15 is 0 Å². The summed E-state index contributed by atoms with van der Waals surface area (Å²) in [6.45, 7) is 1.38. The molecule has 1 heterocycles. The molecule has 0 aliphatic heterocycles. The van der Waals surface area contributed by atoms with E-state index in [0.717, 1.165) is 10.4 Å². The van der Waals surface area contributed by atoms with Gasteiger partial charge in [-0.3, -0.25) is 4.79 Å². The van der Waals surface area contributed by atoms with Crippen molar-refractivity contribution >= 4 is 29.0 Å². The lowest BCUT2D eigenvalue weighted by molar-refractivity contribution is -0.133. The second kappa shape index (κ2) is 13.5. The number of methoxy groups -OCH3 is 2. The number of anilines is 1. The number of amides is 3. The molecule has 2 aromatic carbocycles. The normalized spacial score (nSPS) is 10.6. The van der Waals surface area contributed by atoms with Gasteiger partial charge in [0.15, 0.2) is 0 Å². The fraction of sp³-hybridized carbons (Fsp3) is 0.308. The average Bonchev–Trinajstić information content (AvgIpc) is 3.38. The van der Waals surface area contributed by atoms with Crippen molar-refractivity contribution in [3.63, 3.8) is 0 Å². The molecular formula is C26H30FN3O4S. The van der Waals surface area contributed by atoms with Crippen molar-refractivity contribution in [1.29, 1.82) is 0 Å². The summed E-state index contributed by atoms with van der Waals surface area (Å²) in [5, 5.41) is 4.80. The number of nitrogens with one attached hydrogen (secondary N) is 1. The van der Waals surface area contributed by atoms with Crippen molar-refractivity contribution in [3.05, 3.63) is 82.3 Å². The van der Waals surface area contributed by atoms with Gasteiger partial charge in [-0.05, 0) is 47.7 Å². The zero-order valence-electron chi connectivity index (χ0n) is 19.9. The molecule has 0 atom stereocenters. The Hall–Kier alpha value is -3.43. The van der Waals surface area contributed by atoms with Crippen LogP contribution in [0.5, 0.6) is 5.75 Å². The number of benzene rings is 2. The highest BCUT2D eigenvalue weighted by molar-refractivity contribution is 7.09. The van der Waals surface area contributed by atoms with Gasteiger partial charge in [-0.15, -0.1) is 11.3 Å². The van der Waals surface area contributed by atoms with E-state index in [1.807, 2.05) is 23.6 Å². The van der Waals surface area contributed by atoms with Crippen molar-refractivity contribution in [2.75, 3.05) is 39.2 Å². The fourth-order valence-corrected chi connectivity index (χ4v) is 4.21. The maximum Gasteiger partial charge on any atom is 0.322 e. The lowest BCUT2D eigenvalue weighted by atomic mass is 10.2. The molecule has 0 saturated carbocycles. The number of nitrogens with zero attached hydrogens (tertiary/aromatic N) is 2. The molecule has 7 nitrogen and oxygen atoms in total. The molecule has 0 radical (unpaired) electrons. The average molecular weight is 500 g/mol. The molecule has 1 aromatic heterocycles. The third-order valence-electron chi connectivity index (χ3n) is 5.30. The minimum absolute atomic E-state index is 0.114. The van der Waals surface area contributed by atoms with Gasteiger partial charge in [0.1, 0.15) is 18.1 Å². The summed E-state index contributed by atoms with van der Waals surface area (Å²) in [6.07, 6.45) is 0.575. The molecule has 0 aliphatic rings. The van der Waals surface area contributed by atoms with Crippen LogP contribution in [-0.4, -0.2) is 55.7 Å². The zero-order valence-corrected chi connectivity index (χ0v) is 20.7. The largest absolute Gasteiger partial charge is 0.495 e. The molecule has 0 spiro atoms. The second-order valence-electron chi connectivity index (χ2n) is 7.85. The van der Waals surface area contributed by atoms with Crippen LogP contribution in [0.4, 0.5) is 14.9 Å². The smallest absolute Gasteiger partial charge is 0.322 e. The van der Waals surface area contributed by atoms with Crippen LogP contribution in [0.25, 0.3) is 0 Å². The SMILES string of the molecule is COCCCN(CC(=O)N(Cc1ccc(F)cc1)Cc1cccs1)C(=O)Nc1ccccc1OC. The maximum atomic E-state index is 13.4. The summed E-state index contributed by atoms with van der Waals surface area (Å²) in [6, 6.07) is 16.7. The molecule has 0 saturated heterocycles. The second-order valence-corrected chi connectivity index (χ2v) is 8.89. The number of rotatable bonds is 12. The third-order valence-corrected chi connectivity index (χ3v) is 6.17. The van der Waals surface area contributed by atoms with Crippen molar-refractivity contribution in [3.8, 4) is 5.75 Å². The van der Waals surface area contributed by atoms with Crippen LogP contribution in [0.2, 0.25) is 0 Å². The highest BCUT2D eigenvalue weighted by atomic mass is 32.1. The molecule has 3 amide bonds. The summed E-state index contributed by atoms with van der Waals surface area (Å²) in [5.41, 5.74) is 1.33. The number of urea groups is 1. The Morgan fingerprint density at radius 1 is 0.971 bits per heavy atom. The van der Waals surface area contributed by atoms with Gasteiger partial charge >= 0.3 is 6.03 Å². The first-order valence-electron chi connectivity index (χ1n) is 11.2. The van der Waals surface area contributed by atoms with E-state index in [0.29, 0.717) is 44.1 Å². The first-order chi connectivity index (χ1) is 17.0. The van der Waals surface area contributed by atoms with E-state index in [1.165, 1.54) is 24.1 Å². The van der Waals surface area contributed by atoms with Crippen molar-refractivity contribution in [2.45, 2.75) is 19.5 Å². The van der Waals surface area contributed by atoms with Crippen LogP contribution in [0.15, 0.2) is 66.0 Å². The van der Waals surface area contributed by atoms with Crippen LogP contribution in [0.1, 0.15) is 16.9 Å². The van der Waals surface area contributed by atoms with E-state index in [-0.39, 0.29) is 18.3 Å². The van der Waals surface area contributed by atoms with E-state index in [4.69, 9.17) is 9.47 Å². The van der Waals surface area contributed by atoms with E-state index in [2.05, 4.69) is 5.32 Å². The van der Waals surface area contributed by atoms with Gasteiger partial charge in [-0.1, -0.05) is 30.3 Å². The minimum Gasteiger partial charge on any atom is -0.495 e. The summed E-state index contributed by atoms with van der Waals surface area (Å²) in [5.74, 6) is -0.0165. The Kier molecular flexibility index (Phi) is 10.1. The Morgan fingerprint density at radius 2 is 1.74 bits per heavy atom. The molecular weight excluding hydrogens is 469 g/mol. The van der Waals surface area contributed by atoms with Crippen LogP contribution in [0.3, 0.4) is 0 Å². The lowest BCUT2D eigenvalue weighted by Crippen LogP contribution is -2.44. The topological polar surface area (TPSA) is 71.1 Å². The standard InChI is InChI=1S/C26H30FN3O4S/c1-33-15-6-14-29(26(32)28-23-8-3-4-9-24(23)34-2)19-25(31)30(18-22-7-5-16-35-22)17-20-10-12-21(27)13-11-20/h3-5,7-13,16H,6,14-15,17-19H2,1-2H3,(H,28,32). The molecule has 35 heavy (non-hydrogen) atoms. The predicted molar refractivity (Wildman–Crippen MR) is 135 cm³/mol. The van der Waals surface area contributed by atoms with Gasteiger partial charge in [0.25, 0.3) is 0 Å².